The zero-order valence-electron chi connectivity index (χ0n) is 13.8. The van der Waals surface area contributed by atoms with Crippen LogP contribution in [0, 0.1) is 6.92 Å². The molecule has 3 aromatic rings. The van der Waals surface area contributed by atoms with Crippen LogP contribution >= 0.6 is 11.8 Å². The number of aryl methyl sites for hydroxylation is 1. The fourth-order valence-electron chi connectivity index (χ4n) is 2.21. The van der Waals surface area contributed by atoms with Crippen LogP contribution < -0.4 is 0 Å². The van der Waals surface area contributed by atoms with Gasteiger partial charge >= 0.3 is 5.97 Å². The molecule has 0 saturated carbocycles. The second kappa shape index (κ2) is 7.00. The first kappa shape index (κ1) is 16.4. The van der Waals surface area contributed by atoms with Crippen molar-refractivity contribution in [3.05, 3.63) is 42.0 Å². The highest BCUT2D eigenvalue weighted by molar-refractivity contribution is 8.00. The van der Waals surface area contributed by atoms with Gasteiger partial charge in [0.15, 0.2) is 11.5 Å². The van der Waals surface area contributed by atoms with E-state index in [-0.39, 0.29) is 11.2 Å². The number of aromatic nitrogens is 4. The van der Waals surface area contributed by atoms with E-state index in [2.05, 4.69) is 15.3 Å². The highest BCUT2D eigenvalue weighted by atomic mass is 32.2. The van der Waals surface area contributed by atoms with Gasteiger partial charge in [0.1, 0.15) is 10.3 Å². The van der Waals surface area contributed by atoms with E-state index in [1.807, 2.05) is 50.2 Å². The monoisotopic (exact) mass is 342 g/mol. The van der Waals surface area contributed by atoms with Crippen LogP contribution in [0.4, 0.5) is 0 Å². The summed E-state index contributed by atoms with van der Waals surface area (Å²) in [6, 6.07) is 11.7. The number of rotatable bonds is 5. The van der Waals surface area contributed by atoms with Crippen molar-refractivity contribution in [2.45, 2.75) is 31.0 Å². The Hall–Kier alpha value is -2.41. The molecule has 1 aromatic carbocycles. The number of hydrogen-bond acceptors (Lipinski definition) is 6. The molecule has 0 bridgehead atoms. The summed E-state index contributed by atoms with van der Waals surface area (Å²) in [5.74, 6) is 0.433. The van der Waals surface area contributed by atoms with Crippen molar-refractivity contribution in [2.75, 3.05) is 6.61 Å². The second-order valence-corrected chi connectivity index (χ2v) is 6.70. The molecule has 24 heavy (non-hydrogen) atoms. The number of esters is 1. The zero-order chi connectivity index (χ0) is 17.1. The topological polar surface area (TPSA) is 69.4 Å². The van der Waals surface area contributed by atoms with Crippen LogP contribution in [0.5, 0.6) is 0 Å². The Kier molecular flexibility index (Phi) is 4.80. The molecule has 3 rings (SSSR count). The van der Waals surface area contributed by atoms with E-state index < -0.39 is 0 Å². The predicted molar refractivity (Wildman–Crippen MR) is 92.9 cm³/mol. The number of benzene rings is 1. The highest BCUT2D eigenvalue weighted by Gasteiger charge is 2.17. The van der Waals surface area contributed by atoms with Gasteiger partial charge in [-0.1, -0.05) is 41.6 Å². The van der Waals surface area contributed by atoms with Crippen molar-refractivity contribution in [1.29, 1.82) is 0 Å². The van der Waals surface area contributed by atoms with Gasteiger partial charge in [-0.25, -0.2) is 0 Å². The minimum Gasteiger partial charge on any atom is -0.465 e. The Morgan fingerprint density at radius 3 is 2.67 bits per heavy atom. The SMILES string of the molecule is CCOC(=O)[C@@H](C)Sc1ccc2nnc(-c3ccc(C)cc3)n2n1. The molecule has 0 aliphatic rings. The van der Waals surface area contributed by atoms with E-state index in [9.17, 15) is 4.79 Å². The molecule has 0 radical (unpaired) electrons. The number of hydrogen-bond donors (Lipinski definition) is 0. The molecule has 0 spiro atoms. The Morgan fingerprint density at radius 2 is 1.96 bits per heavy atom. The number of thioether (sulfide) groups is 1. The first-order valence-electron chi connectivity index (χ1n) is 7.71. The average Bonchev–Trinajstić information content (AvgIpc) is 2.99. The van der Waals surface area contributed by atoms with Gasteiger partial charge in [-0.3, -0.25) is 4.79 Å². The molecule has 0 aliphatic carbocycles. The van der Waals surface area contributed by atoms with Crippen LogP contribution in [0.15, 0.2) is 41.4 Å². The molecule has 0 N–H and O–H groups in total. The molecular formula is C17H18N4O2S. The predicted octanol–water partition coefficient (Wildman–Crippen LogP) is 3.14. The van der Waals surface area contributed by atoms with Crippen LogP contribution in [0.1, 0.15) is 19.4 Å². The minimum atomic E-state index is -0.325. The van der Waals surface area contributed by atoms with Gasteiger partial charge < -0.3 is 4.74 Å². The summed E-state index contributed by atoms with van der Waals surface area (Å²) in [4.78, 5) is 11.8. The molecule has 2 aromatic heterocycles. The third-order valence-electron chi connectivity index (χ3n) is 3.46. The summed E-state index contributed by atoms with van der Waals surface area (Å²) in [6.45, 7) is 6.01. The van der Waals surface area contributed by atoms with E-state index in [1.165, 1.54) is 17.3 Å². The van der Waals surface area contributed by atoms with E-state index in [0.29, 0.717) is 18.1 Å². The highest BCUT2D eigenvalue weighted by Crippen LogP contribution is 2.24. The van der Waals surface area contributed by atoms with Crippen LogP contribution in [0.3, 0.4) is 0 Å². The van der Waals surface area contributed by atoms with Crippen molar-refractivity contribution < 1.29 is 9.53 Å². The van der Waals surface area contributed by atoms with Crippen LogP contribution in [-0.4, -0.2) is 37.6 Å². The number of ether oxygens (including phenoxy) is 1. The van der Waals surface area contributed by atoms with Crippen molar-refractivity contribution in [2.24, 2.45) is 0 Å². The van der Waals surface area contributed by atoms with Crippen molar-refractivity contribution in [3.63, 3.8) is 0 Å². The Balaban J connectivity index is 1.91. The standard InChI is InChI=1S/C17H18N4O2S/c1-4-23-17(22)12(3)24-15-10-9-14-18-19-16(21(14)20-15)13-7-5-11(2)6-8-13/h5-10,12H,4H2,1-3H3/t12-/m1/s1. The molecule has 6 nitrogen and oxygen atoms in total. The smallest absolute Gasteiger partial charge is 0.319 e. The normalized spacial score (nSPS) is 12.3. The van der Waals surface area contributed by atoms with Gasteiger partial charge in [-0.2, -0.15) is 9.61 Å². The molecule has 2 heterocycles. The van der Waals surface area contributed by atoms with Crippen LogP contribution in [0.25, 0.3) is 17.0 Å². The number of fused-ring (bicyclic) bond motifs is 1. The molecule has 0 saturated heterocycles. The van der Waals surface area contributed by atoms with Gasteiger partial charge in [0.25, 0.3) is 0 Å². The number of carbonyl (C=O) groups is 1. The van der Waals surface area contributed by atoms with Crippen LogP contribution in [0.2, 0.25) is 0 Å². The van der Waals surface area contributed by atoms with E-state index in [1.54, 1.807) is 11.4 Å². The van der Waals surface area contributed by atoms with Crippen molar-refractivity contribution in [3.8, 4) is 11.4 Å². The molecule has 7 heteroatoms. The lowest BCUT2D eigenvalue weighted by Gasteiger charge is -2.09. The molecule has 124 valence electrons. The largest absolute Gasteiger partial charge is 0.465 e. The summed E-state index contributed by atoms with van der Waals surface area (Å²) in [7, 11) is 0. The second-order valence-electron chi connectivity index (χ2n) is 5.34. The quantitative estimate of drug-likeness (QED) is 0.524. The first-order valence-corrected chi connectivity index (χ1v) is 8.59. The summed E-state index contributed by atoms with van der Waals surface area (Å²) in [5, 5.41) is 13.3. The van der Waals surface area contributed by atoms with Gasteiger partial charge in [-0.05, 0) is 32.9 Å². The Labute approximate surface area is 144 Å². The summed E-state index contributed by atoms with van der Waals surface area (Å²) < 4.78 is 6.73. The van der Waals surface area contributed by atoms with Crippen molar-refractivity contribution >= 4 is 23.4 Å². The zero-order valence-corrected chi connectivity index (χ0v) is 14.6. The van der Waals surface area contributed by atoms with Gasteiger partial charge in [0.05, 0.1) is 6.61 Å². The van der Waals surface area contributed by atoms with E-state index in [4.69, 9.17) is 4.74 Å². The van der Waals surface area contributed by atoms with Crippen molar-refractivity contribution in [1.82, 2.24) is 19.8 Å². The molecule has 0 unspecified atom stereocenters. The van der Waals surface area contributed by atoms with Gasteiger partial charge in [-0.15, -0.1) is 10.2 Å². The summed E-state index contributed by atoms with van der Waals surface area (Å²) in [6.07, 6.45) is 0. The third-order valence-corrected chi connectivity index (χ3v) is 4.47. The van der Waals surface area contributed by atoms with Gasteiger partial charge in [0.2, 0.25) is 0 Å². The van der Waals surface area contributed by atoms with E-state index in [0.717, 1.165) is 10.6 Å². The maximum Gasteiger partial charge on any atom is 0.319 e. The van der Waals surface area contributed by atoms with Gasteiger partial charge in [0, 0.05) is 5.56 Å². The maximum absolute atomic E-state index is 11.8. The lowest BCUT2D eigenvalue weighted by molar-refractivity contribution is -0.142. The minimum absolute atomic E-state index is 0.244. The number of carbonyl (C=O) groups excluding carboxylic acids is 1. The lowest BCUT2D eigenvalue weighted by Crippen LogP contribution is -2.17. The Bertz CT molecular complexity index is 861. The summed E-state index contributed by atoms with van der Waals surface area (Å²) >= 11 is 1.35. The molecule has 0 fully saturated rings. The Morgan fingerprint density at radius 1 is 1.21 bits per heavy atom. The average molecular weight is 342 g/mol. The third kappa shape index (κ3) is 3.41. The fourth-order valence-corrected chi connectivity index (χ4v) is 3.01. The molecular weight excluding hydrogens is 324 g/mol. The fraction of sp³-hybridized carbons (Fsp3) is 0.294. The molecule has 0 aliphatic heterocycles. The van der Waals surface area contributed by atoms with Crippen LogP contribution in [-0.2, 0) is 9.53 Å². The maximum atomic E-state index is 11.8. The first-order chi connectivity index (χ1) is 11.6. The molecule has 1 atom stereocenters. The lowest BCUT2D eigenvalue weighted by atomic mass is 10.1. The van der Waals surface area contributed by atoms with E-state index >= 15 is 0 Å². The summed E-state index contributed by atoms with van der Waals surface area (Å²) in [5.41, 5.74) is 2.79. The number of nitrogens with zero attached hydrogens (tertiary/aromatic N) is 4. The molecule has 0 amide bonds.